The molecule has 2 aliphatic rings. The predicted octanol–water partition coefficient (Wildman–Crippen LogP) is 5.93. The van der Waals surface area contributed by atoms with Crippen LogP contribution in [0, 0.1) is 6.92 Å². The topological polar surface area (TPSA) is 53.4 Å². The van der Waals surface area contributed by atoms with Crippen LogP contribution in [-0.2, 0) is 6.18 Å². The van der Waals surface area contributed by atoms with Crippen molar-refractivity contribution in [3.05, 3.63) is 40.4 Å². The summed E-state index contributed by atoms with van der Waals surface area (Å²) >= 11 is 1.35. The molecule has 0 atom stereocenters. The Hall–Kier alpha value is -2.59. The normalized spacial score (nSPS) is 18.4. The number of aryl methyl sites for hydroxylation is 1. The third-order valence-electron chi connectivity index (χ3n) is 7.12. The van der Waals surface area contributed by atoms with Crippen LogP contribution in [0.25, 0.3) is 10.2 Å². The number of nitrogens with zero attached hydrogens (tertiary/aromatic N) is 4. The first-order chi connectivity index (χ1) is 16.7. The second-order valence-electron chi connectivity index (χ2n) is 9.63. The number of benzene rings is 1. The number of amides is 1. The van der Waals surface area contributed by atoms with Gasteiger partial charge in [-0.05, 0) is 51.1 Å². The Balaban J connectivity index is 1.39. The van der Waals surface area contributed by atoms with E-state index >= 15 is 0 Å². The van der Waals surface area contributed by atoms with Gasteiger partial charge < -0.3 is 15.1 Å². The van der Waals surface area contributed by atoms with Crippen molar-refractivity contribution < 1.29 is 18.0 Å². The van der Waals surface area contributed by atoms with Crippen molar-refractivity contribution in [2.24, 2.45) is 0 Å². The number of carbonyl (C=O) groups is 1. The van der Waals surface area contributed by atoms with Crippen LogP contribution < -0.4 is 10.2 Å². The van der Waals surface area contributed by atoms with Gasteiger partial charge in [0.05, 0.1) is 22.2 Å². The molecule has 1 amide bonds. The number of nitrogens with one attached hydrogen (secondary N) is 1. The number of hydrogen-bond donors (Lipinski definition) is 1. The minimum Gasteiger partial charge on any atom is -0.368 e. The van der Waals surface area contributed by atoms with Gasteiger partial charge in [-0.25, -0.2) is 0 Å². The molecule has 188 valence electrons. The van der Waals surface area contributed by atoms with Gasteiger partial charge in [0.2, 0.25) is 0 Å². The number of alkyl halides is 3. The van der Waals surface area contributed by atoms with Crippen LogP contribution in [0.5, 0.6) is 0 Å². The van der Waals surface area contributed by atoms with E-state index < -0.39 is 17.6 Å². The van der Waals surface area contributed by atoms with Crippen molar-refractivity contribution in [2.45, 2.75) is 51.2 Å². The Labute approximate surface area is 206 Å². The fraction of sp³-hybridized carbons (Fsp3) is 0.520. The van der Waals surface area contributed by atoms with Crippen molar-refractivity contribution in [3.63, 3.8) is 0 Å². The molecule has 1 aliphatic carbocycles. The Kier molecular flexibility index (Phi) is 6.52. The molecule has 3 aromatic rings. The molecule has 10 heteroatoms. The number of hydrogen-bond acceptors (Lipinski definition) is 5. The van der Waals surface area contributed by atoms with Gasteiger partial charge >= 0.3 is 6.18 Å². The van der Waals surface area contributed by atoms with Gasteiger partial charge in [-0.1, -0.05) is 19.3 Å². The number of piperazine rings is 1. The zero-order valence-corrected chi connectivity index (χ0v) is 20.8. The molecule has 2 aromatic heterocycles. The van der Waals surface area contributed by atoms with Crippen molar-refractivity contribution in [1.29, 1.82) is 0 Å². The first-order valence-corrected chi connectivity index (χ1v) is 13.0. The lowest BCUT2D eigenvalue weighted by atomic mass is 9.96. The van der Waals surface area contributed by atoms with E-state index in [-0.39, 0.29) is 11.4 Å². The molecule has 1 saturated carbocycles. The average Bonchev–Trinajstić information content (AvgIpc) is 3.40. The lowest BCUT2D eigenvalue weighted by Crippen LogP contribution is -2.45. The maximum atomic E-state index is 13.9. The molecule has 1 N–H and O–H groups in total. The number of likely N-dealkylation sites (N-methyl/N-ethyl adjacent to an activating group) is 1. The highest BCUT2D eigenvalue weighted by Gasteiger charge is 2.36. The van der Waals surface area contributed by atoms with E-state index in [1.807, 2.05) is 14.0 Å². The molecule has 0 spiro atoms. The quantitative estimate of drug-likeness (QED) is 0.477. The van der Waals surface area contributed by atoms with Crippen LogP contribution in [-0.4, -0.2) is 53.8 Å². The Morgan fingerprint density at radius 1 is 1.09 bits per heavy atom. The summed E-state index contributed by atoms with van der Waals surface area (Å²) in [4.78, 5) is 18.3. The first kappa shape index (κ1) is 24.1. The van der Waals surface area contributed by atoms with E-state index in [9.17, 15) is 18.0 Å². The van der Waals surface area contributed by atoms with Crippen LogP contribution in [0.3, 0.4) is 0 Å². The zero-order valence-electron chi connectivity index (χ0n) is 20.0. The molecule has 3 heterocycles. The van der Waals surface area contributed by atoms with Gasteiger partial charge in [-0.2, -0.15) is 18.3 Å². The van der Waals surface area contributed by atoms with E-state index in [0.717, 1.165) is 34.8 Å². The van der Waals surface area contributed by atoms with E-state index in [1.165, 1.54) is 36.7 Å². The van der Waals surface area contributed by atoms with E-state index in [1.54, 1.807) is 17.0 Å². The summed E-state index contributed by atoms with van der Waals surface area (Å²) < 4.78 is 43.8. The molecule has 1 saturated heterocycles. The van der Waals surface area contributed by atoms with Crippen LogP contribution in [0.4, 0.5) is 24.5 Å². The number of rotatable bonds is 4. The first-order valence-electron chi connectivity index (χ1n) is 12.2. The summed E-state index contributed by atoms with van der Waals surface area (Å²) in [6, 6.07) is 6.22. The molecule has 1 aliphatic heterocycles. The fourth-order valence-electron chi connectivity index (χ4n) is 5.11. The van der Waals surface area contributed by atoms with Gasteiger partial charge in [0.1, 0.15) is 4.83 Å². The molecular weight excluding hydrogens is 475 g/mol. The number of fused-ring (bicyclic) bond motifs is 1. The highest BCUT2D eigenvalue weighted by atomic mass is 32.1. The molecule has 6 nitrogen and oxygen atoms in total. The maximum Gasteiger partial charge on any atom is 0.418 e. The molecule has 2 fully saturated rings. The van der Waals surface area contributed by atoms with Gasteiger partial charge in [0, 0.05) is 42.9 Å². The van der Waals surface area contributed by atoms with Crippen LogP contribution >= 0.6 is 11.3 Å². The molecule has 1 aromatic carbocycles. The van der Waals surface area contributed by atoms with Crippen molar-refractivity contribution >= 4 is 38.8 Å². The van der Waals surface area contributed by atoms with Crippen molar-refractivity contribution in [3.8, 4) is 0 Å². The van der Waals surface area contributed by atoms with Gasteiger partial charge in [-0.3, -0.25) is 9.48 Å². The second kappa shape index (κ2) is 9.46. The Bertz CT molecular complexity index is 1220. The highest BCUT2D eigenvalue weighted by molar-refractivity contribution is 7.20. The maximum absolute atomic E-state index is 13.9. The summed E-state index contributed by atoms with van der Waals surface area (Å²) in [7, 11) is 1.96. The average molecular weight is 506 g/mol. The molecule has 5 rings (SSSR count). The standard InChI is InChI=1S/C25H30F3N5OS/c1-16-19-15-22(35-24(19)33(30-16)18-6-4-3-5-7-18)23(34)29-17-8-9-21(20(14-17)25(26,27)28)32-12-10-31(2)11-13-32/h8-9,14-15,18H,3-7,10-13H2,1-2H3,(H,29,34). The van der Waals surface area contributed by atoms with E-state index in [0.29, 0.717) is 37.1 Å². The monoisotopic (exact) mass is 505 g/mol. The zero-order chi connectivity index (χ0) is 24.7. The van der Waals surface area contributed by atoms with Gasteiger partial charge in [0.15, 0.2) is 0 Å². The second-order valence-corrected chi connectivity index (χ2v) is 10.7. The van der Waals surface area contributed by atoms with Crippen LogP contribution in [0.15, 0.2) is 24.3 Å². The predicted molar refractivity (Wildman–Crippen MR) is 134 cm³/mol. The third-order valence-corrected chi connectivity index (χ3v) is 8.24. The Morgan fingerprint density at radius 2 is 1.80 bits per heavy atom. The largest absolute Gasteiger partial charge is 0.418 e. The minimum atomic E-state index is -4.52. The van der Waals surface area contributed by atoms with Crippen molar-refractivity contribution in [1.82, 2.24) is 14.7 Å². The number of thiophene rings is 1. The van der Waals surface area contributed by atoms with Gasteiger partial charge in [0.25, 0.3) is 5.91 Å². The SMILES string of the molecule is Cc1nn(C2CCCCC2)c2sc(C(=O)Nc3ccc(N4CCN(C)CC4)c(C(F)(F)F)c3)cc12. The summed E-state index contributed by atoms with van der Waals surface area (Å²) in [6.45, 7) is 4.41. The molecule has 0 unspecified atom stereocenters. The highest BCUT2D eigenvalue weighted by Crippen LogP contribution is 2.39. The summed E-state index contributed by atoms with van der Waals surface area (Å²) in [5.41, 5.74) is 0.452. The summed E-state index contributed by atoms with van der Waals surface area (Å²) in [5, 5.41) is 8.35. The molecular formula is C25H30F3N5OS. The summed E-state index contributed by atoms with van der Waals surface area (Å²) in [6.07, 6.45) is 1.24. The molecule has 0 radical (unpaired) electrons. The number of anilines is 2. The van der Waals surface area contributed by atoms with Crippen LogP contribution in [0.1, 0.15) is 59.1 Å². The van der Waals surface area contributed by atoms with Gasteiger partial charge in [-0.15, -0.1) is 11.3 Å². The lowest BCUT2D eigenvalue weighted by Gasteiger charge is -2.35. The minimum absolute atomic E-state index is 0.142. The van der Waals surface area contributed by atoms with Crippen molar-refractivity contribution in [2.75, 3.05) is 43.4 Å². The van der Waals surface area contributed by atoms with Crippen LogP contribution in [0.2, 0.25) is 0 Å². The van der Waals surface area contributed by atoms with E-state index in [2.05, 4.69) is 14.9 Å². The van der Waals surface area contributed by atoms with E-state index in [4.69, 9.17) is 5.10 Å². The smallest absolute Gasteiger partial charge is 0.368 e. The number of carbonyl (C=O) groups excluding carboxylic acids is 1. The third kappa shape index (κ3) is 4.91. The lowest BCUT2D eigenvalue weighted by molar-refractivity contribution is -0.137. The fourth-order valence-corrected chi connectivity index (χ4v) is 6.24. The number of halogens is 3. The molecule has 0 bridgehead atoms. The number of aromatic nitrogens is 2. The Morgan fingerprint density at radius 3 is 2.49 bits per heavy atom. The molecule has 35 heavy (non-hydrogen) atoms. The summed E-state index contributed by atoms with van der Waals surface area (Å²) in [5.74, 6) is -0.402.